The fraction of sp³-hybridized carbons (Fsp3) is 0.400. The number of aromatic nitrogens is 2. The Kier molecular flexibility index (Phi) is 7.13. The minimum atomic E-state index is -3.65. The molecular weight excluding hydrogens is 452 g/mol. The van der Waals surface area contributed by atoms with Gasteiger partial charge in [0.15, 0.2) is 0 Å². The predicted octanol–water partition coefficient (Wildman–Crippen LogP) is 3.80. The summed E-state index contributed by atoms with van der Waals surface area (Å²) in [5.74, 6) is 0.330. The van der Waals surface area contributed by atoms with Gasteiger partial charge in [-0.05, 0) is 51.8 Å². The van der Waals surface area contributed by atoms with E-state index in [1.165, 1.54) is 4.31 Å². The number of carbonyl (C=O) groups is 1. The molecule has 0 N–H and O–H groups in total. The Labute approximate surface area is 200 Å². The lowest BCUT2D eigenvalue weighted by Gasteiger charge is -2.33. The first-order valence-electron chi connectivity index (χ1n) is 11.5. The Morgan fingerprint density at radius 1 is 1.15 bits per heavy atom. The van der Waals surface area contributed by atoms with Crippen LogP contribution in [0.1, 0.15) is 36.8 Å². The van der Waals surface area contributed by atoms with Crippen LogP contribution in [-0.4, -0.2) is 53.3 Å². The average Bonchev–Trinajstić information content (AvgIpc) is 3.31. The van der Waals surface area contributed by atoms with Crippen LogP contribution >= 0.6 is 0 Å². The fourth-order valence-electron chi connectivity index (χ4n) is 4.21. The topological polar surface area (TPSA) is 96.6 Å². The molecule has 0 aliphatic carbocycles. The van der Waals surface area contributed by atoms with Crippen LogP contribution in [0.3, 0.4) is 0 Å². The summed E-state index contributed by atoms with van der Waals surface area (Å²) in [6, 6.07) is 14.6. The zero-order chi connectivity index (χ0) is 24.3. The maximum Gasteiger partial charge on any atom is 0.246 e. The molecule has 180 valence electrons. The van der Waals surface area contributed by atoms with Gasteiger partial charge in [-0.1, -0.05) is 46.6 Å². The van der Waals surface area contributed by atoms with E-state index >= 15 is 0 Å². The Hall–Kier alpha value is -3.04. The van der Waals surface area contributed by atoms with Crippen LogP contribution in [0.2, 0.25) is 0 Å². The van der Waals surface area contributed by atoms with Gasteiger partial charge in [-0.3, -0.25) is 4.79 Å². The highest BCUT2D eigenvalue weighted by Crippen LogP contribution is 2.26. The molecule has 2 aromatic carbocycles. The number of benzene rings is 2. The van der Waals surface area contributed by atoms with Gasteiger partial charge in [0.25, 0.3) is 0 Å². The fourth-order valence-corrected chi connectivity index (χ4v) is 5.73. The molecule has 1 saturated heterocycles. The highest BCUT2D eigenvalue weighted by atomic mass is 32.2. The maximum atomic E-state index is 13.3. The third kappa shape index (κ3) is 5.20. The van der Waals surface area contributed by atoms with Crippen LogP contribution in [0.4, 0.5) is 0 Å². The lowest BCUT2D eigenvalue weighted by Crippen LogP contribution is -2.46. The molecule has 0 radical (unpaired) electrons. The van der Waals surface area contributed by atoms with Crippen LogP contribution < -0.4 is 0 Å². The summed E-state index contributed by atoms with van der Waals surface area (Å²) in [5, 5.41) is 4.06. The Bertz CT molecular complexity index is 1250. The number of nitrogens with zero attached hydrogens (tertiary/aromatic N) is 4. The molecule has 0 saturated carbocycles. The lowest BCUT2D eigenvalue weighted by molar-refractivity contribution is -0.137. The molecule has 2 heterocycles. The normalized spacial score (nSPS) is 17.0. The Balaban J connectivity index is 1.45. The number of rotatable bonds is 7. The van der Waals surface area contributed by atoms with Crippen molar-refractivity contribution in [3.05, 3.63) is 65.5 Å². The first kappa shape index (κ1) is 24.1. The van der Waals surface area contributed by atoms with Crippen molar-refractivity contribution in [1.29, 1.82) is 0 Å². The summed E-state index contributed by atoms with van der Waals surface area (Å²) < 4.78 is 33.1. The summed E-state index contributed by atoms with van der Waals surface area (Å²) in [6.45, 7) is 7.03. The second-order valence-electron chi connectivity index (χ2n) is 8.75. The van der Waals surface area contributed by atoms with Gasteiger partial charge in [0.2, 0.25) is 27.6 Å². The molecule has 1 atom stereocenters. The smallest absolute Gasteiger partial charge is 0.246 e. The van der Waals surface area contributed by atoms with Crippen molar-refractivity contribution >= 4 is 15.9 Å². The van der Waals surface area contributed by atoms with Crippen molar-refractivity contribution in [2.45, 2.75) is 45.1 Å². The van der Waals surface area contributed by atoms with Gasteiger partial charge in [0.05, 0.1) is 17.4 Å². The number of sulfonamides is 1. The van der Waals surface area contributed by atoms with Gasteiger partial charge < -0.3 is 9.42 Å². The van der Waals surface area contributed by atoms with Crippen LogP contribution in [-0.2, 0) is 21.4 Å². The van der Waals surface area contributed by atoms with Gasteiger partial charge in [-0.25, -0.2) is 8.42 Å². The molecule has 0 bridgehead atoms. The number of carbonyl (C=O) groups excluding carboxylic acids is 1. The molecule has 1 amide bonds. The second kappa shape index (κ2) is 10.1. The molecule has 1 aromatic heterocycles. The summed E-state index contributed by atoms with van der Waals surface area (Å²) in [5.41, 5.74) is 2.95. The number of amides is 1. The van der Waals surface area contributed by atoms with E-state index in [9.17, 15) is 13.2 Å². The number of piperidine rings is 1. The van der Waals surface area contributed by atoms with Crippen molar-refractivity contribution < 1.29 is 17.7 Å². The zero-order valence-electron chi connectivity index (χ0n) is 19.8. The van der Waals surface area contributed by atoms with Crippen LogP contribution in [0.5, 0.6) is 0 Å². The SMILES string of the molecule is CCN(Cc1nc(-c2cccc(C)c2)no1)C(=O)[C@H]1CCCN(S(=O)(=O)c2ccc(C)cc2)C1. The van der Waals surface area contributed by atoms with Crippen molar-refractivity contribution in [1.82, 2.24) is 19.3 Å². The highest BCUT2D eigenvalue weighted by Gasteiger charge is 2.35. The van der Waals surface area contributed by atoms with Gasteiger partial charge in [-0.15, -0.1) is 0 Å². The monoisotopic (exact) mass is 482 g/mol. The van der Waals surface area contributed by atoms with Crippen molar-refractivity contribution in [3.63, 3.8) is 0 Å². The first-order chi connectivity index (χ1) is 16.3. The summed E-state index contributed by atoms with van der Waals surface area (Å²) >= 11 is 0. The minimum absolute atomic E-state index is 0.0957. The van der Waals surface area contributed by atoms with E-state index in [4.69, 9.17) is 4.52 Å². The van der Waals surface area contributed by atoms with Gasteiger partial charge in [-0.2, -0.15) is 9.29 Å². The largest absolute Gasteiger partial charge is 0.337 e. The average molecular weight is 483 g/mol. The van der Waals surface area contributed by atoms with Crippen molar-refractivity contribution in [3.8, 4) is 11.4 Å². The van der Waals surface area contributed by atoms with Crippen molar-refractivity contribution in [2.24, 2.45) is 5.92 Å². The van der Waals surface area contributed by atoms with Gasteiger partial charge in [0.1, 0.15) is 0 Å². The maximum absolute atomic E-state index is 13.3. The van der Waals surface area contributed by atoms with Crippen molar-refractivity contribution in [2.75, 3.05) is 19.6 Å². The summed E-state index contributed by atoms with van der Waals surface area (Å²) in [6.07, 6.45) is 1.28. The van der Waals surface area contributed by atoms with E-state index < -0.39 is 15.9 Å². The third-order valence-corrected chi connectivity index (χ3v) is 8.04. The molecule has 8 nitrogen and oxygen atoms in total. The molecule has 9 heteroatoms. The molecule has 0 unspecified atom stereocenters. The lowest BCUT2D eigenvalue weighted by atomic mass is 9.98. The number of hydrogen-bond donors (Lipinski definition) is 0. The van der Waals surface area contributed by atoms with Gasteiger partial charge >= 0.3 is 0 Å². The van der Waals surface area contributed by atoms with E-state index in [-0.39, 0.29) is 23.9 Å². The van der Waals surface area contributed by atoms with E-state index in [0.717, 1.165) is 16.7 Å². The second-order valence-corrected chi connectivity index (χ2v) is 10.7. The van der Waals surface area contributed by atoms with Gasteiger partial charge in [0, 0.05) is 25.2 Å². The Morgan fingerprint density at radius 2 is 1.91 bits per heavy atom. The van der Waals surface area contributed by atoms with Crippen LogP contribution in [0.25, 0.3) is 11.4 Å². The molecule has 1 aliphatic heterocycles. The molecule has 3 aromatic rings. The number of aryl methyl sites for hydroxylation is 2. The standard InChI is InChI=1S/C25H30N4O4S/c1-4-28(17-23-26-24(27-33-23)20-8-5-7-19(3)15-20)25(30)21-9-6-14-29(16-21)34(31,32)22-12-10-18(2)11-13-22/h5,7-8,10-13,15,21H,4,6,9,14,16-17H2,1-3H3/t21-/m0/s1. The van der Waals surface area contributed by atoms with E-state index in [0.29, 0.717) is 37.6 Å². The number of hydrogen-bond acceptors (Lipinski definition) is 6. The van der Waals surface area contributed by atoms with Crippen LogP contribution in [0.15, 0.2) is 57.9 Å². The quantitative estimate of drug-likeness (QED) is 0.508. The zero-order valence-corrected chi connectivity index (χ0v) is 20.6. The molecule has 0 spiro atoms. The predicted molar refractivity (Wildman–Crippen MR) is 128 cm³/mol. The molecule has 34 heavy (non-hydrogen) atoms. The summed E-state index contributed by atoms with van der Waals surface area (Å²) in [4.78, 5) is 19.7. The Morgan fingerprint density at radius 3 is 2.62 bits per heavy atom. The minimum Gasteiger partial charge on any atom is -0.337 e. The molecule has 4 rings (SSSR count). The molecule has 1 fully saturated rings. The van der Waals surface area contributed by atoms with Crippen LogP contribution in [0, 0.1) is 19.8 Å². The molecular formula is C25H30N4O4S. The van der Waals surface area contributed by atoms with E-state index in [1.807, 2.05) is 45.0 Å². The van der Waals surface area contributed by atoms with E-state index in [1.54, 1.807) is 29.2 Å². The van der Waals surface area contributed by atoms with E-state index in [2.05, 4.69) is 10.1 Å². The highest BCUT2D eigenvalue weighted by molar-refractivity contribution is 7.89. The summed E-state index contributed by atoms with van der Waals surface area (Å²) in [7, 11) is -3.65. The molecule has 1 aliphatic rings. The first-order valence-corrected chi connectivity index (χ1v) is 13.0. The third-order valence-electron chi connectivity index (χ3n) is 6.16.